The summed E-state index contributed by atoms with van der Waals surface area (Å²) in [6.45, 7) is 0.527. The number of ether oxygens (including phenoxy) is 1. The van der Waals surface area contributed by atoms with E-state index in [1.165, 1.54) is 24.2 Å². The lowest BCUT2D eigenvalue weighted by molar-refractivity contribution is 0.102. The number of nitrogens with zero attached hydrogens (tertiary/aromatic N) is 3. The number of anilines is 2. The summed E-state index contributed by atoms with van der Waals surface area (Å²) in [4.78, 5) is 24.0. The predicted molar refractivity (Wildman–Crippen MR) is 94.3 cm³/mol. The Morgan fingerprint density at radius 2 is 1.84 bits per heavy atom. The quantitative estimate of drug-likeness (QED) is 0.716. The molecule has 2 aromatic heterocycles. The van der Waals surface area contributed by atoms with Crippen LogP contribution in [0.2, 0.25) is 0 Å². The number of hydrogen-bond acceptors (Lipinski definition) is 6. The van der Waals surface area contributed by atoms with Crippen LogP contribution >= 0.6 is 0 Å². The van der Waals surface area contributed by atoms with Crippen molar-refractivity contribution in [1.82, 2.24) is 15.0 Å². The van der Waals surface area contributed by atoms with Crippen molar-refractivity contribution < 1.29 is 9.53 Å². The van der Waals surface area contributed by atoms with Gasteiger partial charge in [0, 0.05) is 24.9 Å². The standard InChI is InChI=1S/C18H17N5O2/c19-17-16(20-9-10-21-17)18(24)23-14-6-7-15(22-12-14)25-11-8-13-4-2-1-3-5-13/h1-7,9-10,12H,8,11H2,(H2,19,21)(H,23,24). The highest BCUT2D eigenvalue weighted by molar-refractivity contribution is 6.05. The third-order valence-corrected chi connectivity index (χ3v) is 3.42. The zero-order chi connectivity index (χ0) is 17.5. The number of nitrogen functional groups attached to an aromatic ring is 1. The highest BCUT2D eigenvalue weighted by Crippen LogP contribution is 2.14. The van der Waals surface area contributed by atoms with Crippen molar-refractivity contribution in [3.8, 4) is 5.88 Å². The molecular formula is C18H17N5O2. The van der Waals surface area contributed by atoms with Crippen molar-refractivity contribution in [1.29, 1.82) is 0 Å². The molecule has 3 aromatic rings. The summed E-state index contributed by atoms with van der Waals surface area (Å²) >= 11 is 0. The zero-order valence-electron chi connectivity index (χ0n) is 13.4. The van der Waals surface area contributed by atoms with Crippen LogP contribution in [-0.2, 0) is 6.42 Å². The maximum atomic E-state index is 12.1. The van der Waals surface area contributed by atoms with Crippen molar-refractivity contribution in [2.45, 2.75) is 6.42 Å². The predicted octanol–water partition coefficient (Wildman–Crippen LogP) is 2.33. The first-order valence-corrected chi connectivity index (χ1v) is 7.73. The van der Waals surface area contributed by atoms with Crippen LogP contribution in [0, 0.1) is 0 Å². The van der Waals surface area contributed by atoms with Crippen molar-refractivity contribution >= 4 is 17.4 Å². The summed E-state index contributed by atoms with van der Waals surface area (Å²) in [5.74, 6) is 0.131. The van der Waals surface area contributed by atoms with Crippen molar-refractivity contribution in [2.24, 2.45) is 0 Å². The summed E-state index contributed by atoms with van der Waals surface area (Å²) in [7, 11) is 0. The Balaban J connectivity index is 1.53. The molecule has 3 N–H and O–H groups in total. The number of pyridine rings is 1. The molecule has 0 aliphatic rings. The van der Waals surface area contributed by atoms with E-state index >= 15 is 0 Å². The molecule has 0 bridgehead atoms. The molecule has 0 unspecified atom stereocenters. The molecule has 25 heavy (non-hydrogen) atoms. The lowest BCUT2D eigenvalue weighted by Crippen LogP contribution is -2.16. The van der Waals surface area contributed by atoms with Crippen LogP contribution < -0.4 is 15.8 Å². The minimum atomic E-state index is -0.440. The Bertz CT molecular complexity index is 838. The van der Waals surface area contributed by atoms with Gasteiger partial charge in [0.05, 0.1) is 18.5 Å². The summed E-state index contributed by atoms with van der Waals surface area (Å²) < 4.78 is 5.61. The van der Waals surface area contributed by atoms with E-state index in [1.807, 2.05) is 30.3 Å². The summed E-state index contributed by atoms with van der Waals surface area (Å²) in [6.07, 6.45) is 5.15. The number of nitrogens with one attached hydrogen (secondary N) is 1. The molecule has 0 aliphatic carbocycles. The Morgan fingerprint density at radius 3 is 2.56 bits per heavy atom. The molecule has 1 aromatic carbocycles. The Kier molecular flexibility index (Phi) is 5.16. The van der Waals surface area contributed by atoms with E-state index in [1.54, 1.807) is 12.1 Å². The average Bonchev–Trinajstić information content (AvgIpc) is 2.64. The molecule has 0 saturated carbocycles. The maximum absolute atomic E-state index is 12.1. The van der Waals surface area contributed by atoms with Crippen molar-refractivity contribution in [2.75, 3.05) is 17.7 Å². The van der Waals surface area contributed by atoms with E-state index < -0.39 is 5.91 Å². The van der Waals surface area contributed by atoms with E-state index in [4.69, 9.17) is 10.5 Å². The molecule has 0 spiro atoms. The van der Waals surface area contributed by atoms with Crippen LogP contribution in [0.1, 0.15) is 16.1 Å². The number of carbonyl (C=O) groups excluding carboxylic acids is 1. The average molecular weight is 335 g/mol. The van der Waals surface area contributed by atoms with Crippen molar-refractivity contribution in [3.05, 3.63) is 72.3 Å². The molecule has 0 saturated heterocycles. The van der Waals surface area contributed by atoms with Gasteiger partial charge in [-0.25, -0.2) is 15.0 Å². The van der Waals surface area contributed by atoms with Crippen LogP contribution in [0.5, 0.6) is 5.88 Å². The summed E-state index contributed by atoms with van der Waals surface area (Å²) in [6, 6.07) is 13.5. The molecule has 7 nitrogen and oxygen atoms in total. The summed E-state index contributed by atoms with van der Waals surface area (Å²) in [5.41, 5.74) is 7.43. The first-order chi connectivity index (χ1) is 12.2. The number of nitrogens with two attached hydrogens (primary N) is 1. The van der Waals surface area contributed by atoms with Crippen molar-refractivity contribution in [3.63, 3.8) is 0 Å². The van der Waals surface area contributed by atoms with E-state index in [0.717, 1.165) is 6.42 Å². The number of benzene rings is 1. The van der Waals surface area contributed by atoms with Gasteiger partial charge in [-0.1, -0.05) is 30.3 Å². The largest absolute Gasteiger partial charge is 0.477 e. The fourth-order valence-corrected chi connectivity index (χ4v) is 2.17. The van der Waals surface area contributed by atoms with Gasteiger partial charge in [0.1, 0.15) is 0 Å². The molecule has 0 fully saturated rings. The second-order valence-corrected chi connectivity index (χ2v) is 5.21. The maximum Gasteiger partial charge on any atom is 0.278 e. The van der Waals surface area contributed by atoms with Crippen LogP contribution in [-0.4, -0.2) is 27.5 Å². The summed E-state index contributed by atoms with van der Waals surface area (Å²) in [5, 5.41) is 2.67. The van der Waals surface area contributed by atoms with Gasteiger partial charge in [-0.05, 0) is 11.6 Å². The molecule has 0 aliphatic heterocycles. The molecular weight excluding hydrogens is 318 g/mol. The van der Waals surface area contributed by atoms with Gasteiger partial charge in [-0.3, -0.25) is 4.79 Å². The molecule has 0 atom stereocenters. The normalized spacial score (nSPS) is 10.2. The molecule has 0 radical (unpaired) electrons. The number of hydrogen-bond donors (Lipinski definition) is 2. The van der Waals surface area contributed by atoms with E-state index in [9.17, 15) is 4.79 Å². The van der Waals surface area contributed by atoms with Gasteiger partial charge < -0.3 is 15.8 Å². The fraction of sp³-hybridized carbons (Fsp3) is 0.111. The molecule has 1 amide bonds. The van der Waals surface area contributed by atoms with E-state index in [0.29, 0.717) is 18.2 Å². The highest BCUT2D eigenvalue weighted by Gasteiger charge is 2.12. The molecule has 3 rings (SSSR count). The van der Waals surface area contributed by atoms with Gasteiger partial charge in [-0.2, -0.15) is 0 Å². The second kappa shape index (κ2) is 7.87. The molecule has 7 heteroatoms. The van der Waals surface area contributed by atoms with E-state index in [2.05, 4.69) is 20.3 Å². The third-order valence-electron chi connectivity index (χ3n) is 3.42. The second-order valence-electron chi connectivity index (χ2n) is 5.21. The van der Waals surface area contributed by atoms with Gasteiger partial charge in [-0.15, -0.1) is 0 Å². The minimum absolute atomic E-state index is 0.0747. The smallest absolute Gasteiger partial charge is 0.278 e. The number of aromatic nitrogens is 3. The Labute approximate surface area is 144 Å². The van der Waals surface area contributed by atoms with Crippen LogP contribution in [0.15, 0.2) is 61.1 Å². The topological polar surface area (TPSA) is 103 Å². The molecule has 126 valence electrons. The van der Waals surface area contributed by atoms with Gasteiger partial charge in [0.15, 0.2) is 11.5 Å². The number of amides is 1. The zero-order valence-corrected chi connectivity index (χ0v) is 13.4. The SMILES string of the molecule is Nc1nccnc1C(=O)Nc1ccc(OCCc2ccccc2)nc1. The van der Waals surface area contributed by atoms with Crippen LogP contribution in [0.3, 0.4) is 0 Å². The molecule has 2 heterocycles. The van der Waals surface area contributed by atoms with Gasteiger partial charge in [0.2, 0.25) is 5.88 Å². The Morgan fingerprint density at radius 1 is 1.04 bits per heavy atom. The monoisotopic (exact) mass is 335 g/mol. The lowest BCUT2D eigenvalue weighted by atomic mass is 10.2. The van der Waals surface area contributed by atoms with E-state index in [-0.39, 0.29) is 11.5 Å². The Hall–Kier alpha value is -3.48. The van der Waals surface area contributed by atoms with Gasteiger partial charge in [0.25, 0.3) is 5.91 Å². The fourth-order valence-electron chi connectivity index (χ4n) is 2.17. The number of rotatable bonds is 6. The van der Waals surface area contributed by atoms with Crippen LogP contribution in [0.25, 0.3) is 0 Å². The van der Waals surface area contributed by atoms with Crippen LogP contribution in [0.4, 0.5) is 11.5 Å². The third kappa shape index (κ3) is 4.51. The first kappa shape index (κ1) is 16.4. The minimum Gasteiger partial charge on any atom is -0.477 e. The lowest BCUT2D eigenvalue weighted by Gasteiger charge is -2.08. The highest BCUT2D eigenvalue weighted by atomic mass is 16.5. The number of carbonyl (C=O) groups is 1. The first-order valence-electron chi connectivity index (χ1n) is 7.73. The van der Waals surface area contributed by atoms with Gasteiger partial charge >= 0.3 is 0 Å².